The molecule has 48 heavy (non-hydrogen) atoms. The molecular formula is C33H23F3N4O6S2. The number of ether oxygens (including phenoxy) is 3. The minimum atomic E-state index is -4.69. The smallest absolute Gasteiger partial charge is 0.433 e. The van der Waals surface area contributed by atoms with Gasteiger partial charge in [-0.05, 0) is 61.5 Å². The van der Waals surface area contributed by atoms with Gasteiger partial charge in [-0.25, -0.2) is 19.8 Å². The molecule has 0 radical (unpaired) electrons. The monoisotopic (exact) mass is 692 g/mol. The average molecular weight is 693 g/mol. The topological polar surface area (TPSA) is 118 Å². The van der Waals surface area contributed by atoms with E-state index in [2.05, 4.69) is 15.0 Å². The molecule has 2 aliphatic heterocycles. The maximum absolute atomic E-state index is 13.9. The van der Waals surface area contributed by atoms with Crippen molar-refractivity contribution in [1.82, 2.24) is 14.5 Å². The SMILES string of the molecule is CCOC(=O)C1=C(C)N=c2s/c(=C/c3ccc(Sc4nc(-c5ccccc5)cc(C(F)(F)F)n4)o3)c(=O)n2[C@H]1c1ccc2c(c1)OCO2. The second-order valence-corrected chi connectivity index (χ2v) is 12.4. The first-order valence-corrected chi connectivity index (χ1v) is 16.1. The number of alkyl halides is 3. The van der Waals surface area contributed by atoms with E-state index in [9.17, 15) is 22.8 Å². The Labute approximate surface area is 277 Å². The molecule has 7 rings (SSSR count). The highest BCUT2D eigenvalue weighted by Crippen LogP contribution is 2.38. The standard InChI is InChI=1S/C33H23F3N4O6S2/c1-3-43-30(42)27-17(2)37-32-40(28(27)19-9-11-22-23(13-19)45-16-44-22)29(41)24(47-32)14-20-10-12-26(46-20)48-31-38-21(18-7-5-4-6-8-18)15-25(39-31)33(34,35)36/h4-15,28H,3,16H2,1-2H3/b24-14+/t28-/m0/s1. The van der Waals surface area contributed by atoms with Crippen molar-refractivity contribution in [2.45, 2.75) is 36.3 Å². The summed E-state index contributed by atoms with van der Waals surface area (Å²) in [5.74, 6) is 0.686. The maximum Gasteiger partial charge on any atom is 0.433 e. The van der Waals surface area contributed by atoms with E-state index in [4.69, 9.17) is 18.6 Å². The number of benzene rings is 2. The number of hydrogen-bond donors (Lipinski definition) is 0. The quantitative estimate of drug-likeness (QED) is 0.155. The molecule has 0 saturated heterocycles. The molecule has 1 atom stereocenters. The summed E-state index contributed by atoms with van der Waals surface area (Å²) in [7, 11) is 0. The van der Waals surface area contributed by atoms with Gasteiger partial charge < -0.3 is 18.6 Å². The van der Waals surface area contributed by atoms with Gasteiger partial charge in [0.2, 0.25) is 6.79 Å². The Morgan fingerprint density at radius 2 is 1.88 bits per heavy atom. The first-order chi connectivity index (χ1) is 23.1. The van der Waals surface area contributed by atoms with E-state index < -0.39 is 29.4 Å². The number of esters is 1. The molecule has 3 aromatic heterocycles. The van der Waals surface area contributed by atoms with Gasteiger partial charge in [-0.3, -0.25) is 9.36 Å². The summed E-state index contributed by atoms with van der Waals surface area (Å²) in [4.78, 5) is 40.1. The van der Waals surface area contributed by atoms with Crippen LogP contribution in [-0.4, -0.2) is 33.9 Å². The highest BCUT2D eigenvalue weighted by molar-refractivity contribution is 7.99. The van der Waals surface area contributed by atoms with Crippen molar-refractivity contribution in [3.05, 3.63) is 115 Å². The van der Waals surface area contributed by atoms with Gasteiger partial charge in [0.15, 0.2) is 26.5 Å². The number of fused-ring (bicyclic) bond motifs is 2. The Bertz CT molecular complexity index is 2280. The van der Waals surface area contributed by atoms with Crippen LogP contribution in [0.15, 0.2) is 102 Å². The number of halogens is 3. The molecule has 0 bridgehead atoms. The number of hydrogen-bond acceptors (Lipinski definition) is 11. The zero-order valence-electron chi connectivity index (χ0n) is 25.1. The first-order valence-electron chi connectivity index (χ1n) is 14.5. The Morgan fingerprint density at radius 1 is 1.08 bits per heavy atom. The second kappa shape index (κ2) is 12.5. The summed E-state index contributed by atoms with van der Waals surface area (Å²) in [6, 6.07) is 16.8. The van der Waals surface area contributed by atoms with Gasteiger partial charge in [0.1, 0.15) is 11.5 Å². The predicted molar refractivity (Wildman–Crippen MR) is 168 cm³/mol. The Balaban J connectivity index is 1.25. The lowest BCUT2D eigenvalue weighted by Crippen LogP contribution is -2.39. The van der Waals surface area contributed by atoms with Crippen LogP contribution in [0.4, 0.5) is 13.2 Å². The lowest BCUT2D eigenvalue weighted by atomic mass is 9.95. The maximum atomic E-state index is 13.9. The number of aromatic nitrogens is 3. The van der Waals surface area contributed by atoms with Crippen LogP contribution >= 0.6 is 23.1 Å². The van der Waals surface area contributed by atoms with Crippen LogP contribution in [-0.2, 0) is 15.7 Å². The lowest BCUT2D eigenvalue weighted by molar-refractivity contribution is -0.141. The predicted octanol–water partition coefficient (Wildman–Crippen LogP) is 5.75. The van der Waals surface area contributed by atoms with E-state index >= 15 is 0 Å². The third-order valence-corrected chi connectivity index (χ3v) is 9.13. The Morgan fingerprint density at radius 3 is 2.65 bits per heavy atom. The molecule has 0 unspecified atom stereocenters. The van der Waals surface area contributed by atoms with Crippen molar-refractivity contribution in [3.63, 3.8) is 0 Å². The van der Waals surface area contributed by atoms with Crippen LogP contribution in [0.3, 0.4) is 0 Å². The zero-order valence-corrected chi connectivity index (χ0v) is 26.7. The van der Waals surface area contributed by atoms with E-state index in [0.29, 0.717) is 33.1 Å². The number of allylic oxidation sites excluding steroid dienone is 1. The Kier molecular flexibility index (Phi) is 8.17. The summed E-state index contributed by atoms with van der Waals surface area (Å²) in [6.45, 7) is 3.55. The minimum Gasteiger partial charge on any atom is -0.463 e. The molecule has 5 aromatic rings. The largest absolute Gasteiger partial charge is 0.463 e. The fourth-order valence-corrected chi connectivity index (χ4v) is 7.02. The molecule has 0 N–H and O–H groups in total. The number of furan rings is 1. The fraction of sp³-hybridized carbons (Fsp3) is 0.182. The normalized spacial score (nSPS) is 15.8. The van der Waals surface area contributed by atoms with Gasteiger partial charge in [0.25, 0.3) is 5.56 Å². The van der Waals surface area contributed by atoms with Crippen molar-refractivity contribution in [1.29, 1.82) is 0 Å². The Hall–Kier alpha value is -5.15. The first kappa shape index (κ1) is 31.4. The van der Waals surface area contributed by atoms with Crippen molar-refractivity contribution in [3.8, 4) is 22.8 Å². The molecule has 0 spiro atoms. The van der Waals surface area contributed by atoms with Crippen molar-refractivity contribution in [2.24, 2.45) is 4.99 Å². The van der Waals surface area contributed by atoms with Crippen LogP contribution in [0.2, 0.25) is 0 Å². The fourth-order valence-electron chi connectivity index (χ4n) is 5.25. The van der Waals surface area contributed by atoms with E-state index in [-0.39, 0.29) is 45.2 Å². The molecule has 0 aliphatic carbocycles. The zero-order chi connectivity index (χ0) is 33.6. The molecule has 15 heteroatoms. The van der Waals surface area contributed by atoms with Gasteiger partial charge in [-0.15, -0.1) is 0 Å². The summed E-state index contributed by atoms with van der Waals surface area (Å²) in [5, 5.41) is 0.0562. The van der Waals surface area contributed by atoms with Crippen LogP contribution in [0.1, 0.15) is 36.9 Å². The summed E-state index contributed by atoms with van der Waals surface area (Å²) in [6.07, 6.45) is -3.18. The van der Waals surface area contributed by atoms with E-state index in [1.807, 2.05) is 0 Å². The molecule has 244 valence electrons. The highest BCUT2D eigenvalue weighted by atomic mass is 32.2. The van der Waals surface area contributed by atoms with Crippen LogP contribution in [0.5, 0.6) is 11.5 Å². The summed E-state index contributed by atoms with van der Waals surface area (Å²) in [5.41, 5.74) is 0.304. The minimum absolute atomic E-state index is 0.0542. The number of rotatable bonds is 7. The van der Waals surface area contributed by atoms with Crippen molar-refractivity contribution < 1.29 is 36.6 Å². The molecule has 5 heterocycles. The van der Waals surface area contributed by atoms with Crippen molar-refractivity contribution >= 4 is 35.1 Å². The van der Waals surface area contributed by atoms with E-state index in [1.54, 1.807) is 74.5 Å². The number of carbonyl (C=O) groups is 1. The number of nitrogens with zero attached hydrogens (tertiary/aromatic N) is 4. The molecule has 2 aromatic carbocycles. The van der Waals surface area contributed by atoms with Gasteiger partial charge in [-0.2, -0.15) is 13.2 Å². The summed E-state index contributed by atoms with van der Waals surface area (Å²) >= 11 is 1.92. The van der Waals surface area contributed by atoms with Crippen LogP contribution in [0.25, 0.3) is 17.3 Å². The molecule has 0 saturated carbocycles. The van der Waals surface area contributed by atoms with Crippen LogP contribution < -0.4 is 24.4 Å². The third kappa shape index (κ3) is 6.02. The molecule has 0 fully saturated rings. The second-order valence-electron chi connectivity index (χ2n) is 10.5. The van der Waals surface area contributed by atoms with Gasteiger partial charge in [0.05, 0.1) is 34.1 Å². The van der Waals surface area contributed by atoms with Gasteiger partial charge in [0, 0.05) is 11.6 Å². The van der Waals surface area contributed by atoms with E-state index in [0.717, 1.165) is 29.2 Å². The van der Waals surface area contributed by atoms with Gasteiger partial charge in [-0.1, -0.05) is 47.7 Å². The molecule has 2 aliphatic rings. The van der Waals surface area contributed by atoms with Gasteiger partial charge >= 0.3 is 12.1 Å². The number of carbonyl (C=O) groups excluding carboxylic acids is 1. The van der Waals surface area contributed by atoms with E-state index in [1.165, 1.54) is 10.6 Å². The number of thiazole rings is 1. The van der Waals surface area contributed by atoms with Crippen molar-refractivity contribution in [2.75, 3.05) is 13.4 Å². The molecule has 10 nitrogen and oxygen atoms in total. The van der Waals surface area contributed by atoms with Crippen LogP contribution in [0, 0.1) is 0 Å². The lowest BCUT2D eigenvalue weighted by Gasteiger charge is -2.24. The third-order valence-electron chi connectivity index (χ3n) is 7.36. The highest BCUT2D eigenvalue weighted by Gasteiger charge is 2.35. The average Bonchev–Trinajstić information content (AvgIpc) is 3.79. The molecular weight excluding hydrogens is 670 g/mol. The summed E-state index contributed by atoms with van der Waals surface area (Å²) < 4.78 is 65.0. The molecule has 0 amide bonds.